The lowest BCUT2D eigenvalue weighted by atomic mass is 9.96. The van der Waals surface area contributed by atoms with Gasteiger partial charge in [0.15, 0.2) is 0 Å². The second-order valence-electron chi connectivity index (χ2n) is 6.51. The summed E-state index contributed by atoms with van der Waals surface area (Å²) in [7, 11) is 0. The molecular weight excluding hydrogens is 318 g/mol. The molecule has 0 spiro atoms. The number of carboxylic acid groups (broad SMARTS) is 1. The molecule has 1 aromatic heterocycles. The third kappa shape index (κ3) is 4.26. The van der Waals surface area contributed by atoms with Gasteiger partial charge in [-0.05, 0) is 18.4 Å². The van der Waals surface area contributed by atoms with Crippen LogP contribution in [0, 0.1) is 0 Å². The minimum atomic E-state index is -0.954. The highest BCUT2D eigenvalue weighted by Gasteiger charge is 2.22. The summed E-state index contributed by atoms with van der Waals surface area (Å²) in [5.41, 5.74) is 1.15. The average molecular weight is 341 g/mol. The molecule has 2 aromatic rings. The first-order chi connectivity index (χ1) is 12.1. The highest BCUT2D eigenvalue weighted by atomic mass is 16.4. The molecule has 0 radical (unpaired) electrons. The minimum absolute atomic E-state index is 0.0484. The number of aromatic nitrogens is 2. The second-order valence-corrected chi connectivity index (χ2v) is 6.51. The summed E-state index contributed by atoms with van der Waals surface area (Å²) in [5.74, 6) is -2.01. The van der Waals surface area contributed by atoms with Gasteiger partial charge in [0.25, 0.3) is 5.91 Å². The van der Waals surface area contributed by atoms with Crippen molar-refractivity contribution in [3.63, 3.8) is 0 Å². The van der Waals surface area contributed by atoms with Crippen LogP contribution in [0.4, 0.5) is 0 Å². The van der Waals surface area contributed by atoms with E-state index in [2.05, 4.69) is 10.4 Å². The standard InChI is InChI=1S/C19H23N3O3/c23-18(15-11-21-22(13-15)16-9-5-2-6-10-16)20-12-17(19(24)25)14-7-3-1-4-8-14/h1,3-4,7-8,11,13,16-17H,2,5-6,9-10,12H2,(H,20,23)(H,24,25)/t17-/m0/s1. The van der Waals surface area contributed by atoms with Gasteiger partial charge in [-0.2, -0.15) is 5.10 Å². The Kier molecular flexibility index (Phi) is 5.48. The fourth-order valence-electron chi connectivity index (χ4n) is 3.33. The van der Waals surface area contributed by atoms with Crippen LogP contribution in [0.2, 0.25) is 0 Å². The van der Waals surface area contributed by atoms with E-state index < -0.39 is 11.9 Å². The van der Waals surface area contributed by atoms with Gasteiger partial charge in [0.2, 0.25) is 0 Å². The van der Waals surface area contributed by atoms with Crippen molar-refractivity contribution < 1.29 is 14.7 Å². The third-order valence-corrected chi connectivity index (χ3v) is 4.78. The summed E-state index contributed by atoms with van der Waals surface area (Å²) in [5, 5.41) is 16.5. The molecule has 25 heavy (non-hydrogen) atoms. The van der Waals surface area contributed by atoms with Crippen LogP contribution in [0.25, 0.3) is 0 Å². The Morgan fingerprint density at radius 1 is 1.20 bits per heavy atom. The van der Waals surface area contributed by atoms with E-state index >= 15 is 0 Å². The number of amides is 1. The molecule has 2 N–H and O–H groups in total. The summed E-state index contributed by atoms with van der Waals surface area (Å²) in [4.78, 5) is 23.8. The molecule has 1 aromatic carbocycles. The molecule has 1 fully saturated rings. The number of carbonyl (C=O) groups excluding carboxylic acids is 1. The molecule has 0 aliphatic heterocycles. The Morgan fingerprint density at radius 3 is 2.60 bits per heavy atom. The molecule has 1 heterocycles. The fraction of sp³-hybridized carbons (Fsp3) is 0.421. The second kappa shape index (κ2) is 7.96. The number of rotatable bonds is 6. The van der Waals surface area contributed by atoms with Crippen LogP contribution in [0.5, 0.6) is 0 Å². The number of benzene rings is 1. The van der Waals surface area contributed by atoms with Gasteiger partial charge in [0.05, 0.1) is 23.7 Å². The van der Waals surface area contributed by atoms with Crippen LogP contribution < -0.4 is 5.32 Å². The van der Waals surface area contributed by atoms with E-state index in [1.807, 2.05) is 10.7 Å². The van der Waals surface area contributed by atoms with Crippen molar-refractivity contribution in [2.45, 2.75) is 44.1 Å². The maximum Gasteiger partial charge on any atom is 0.312 e. The predicted molar refractivity (Wildman–Crippen MR) is 93.5 cm³/mol. The number of nitrogens with zero attached hydrogens (tertiary/aromatic N) is 2. The van der Waals surface area contributed by atoms with Gasteiger partial charge >= 0.3 is 5.97 Å². The molecule has 3 rings (SSSR count). The topological polar surface area (TPSA) is 84.2 Å². The van der Waals surface area contributed by atoms with Crippen molar-refractivity contribution in [3.05, 3.63) is 53.9 Å². The van der Waals surface area contributed by atoms with Gasteiger partial charge in [0.1, 0.15) is 0 Å². The highest BCUT2D eigenvalue weighted by Crippen LogP contribution is 2.27. The highest BCUT2D eigenvalue weighted by molar-refractivity contribution is 5.94. The van der Waals surface area contributed by atoms with Gasteiger partial charge in [-0.3, -0.25) is 14.3 Å². The van der Waals surface area contributed by atoms with Gasteiger partial charge < -0.3 is 10.4 Å². The summed E-state index contributed by atoms with van der Waals surface area (Å²) < 4.78 is 1.87. The van der Waals surface area contributed by atoms with Crippen molar-refractivity contribution in [3.8, 4) is 0 Å². The molecule has 132 valence electrons. The first-order valence-corrected chi connectivity index (χ1v) is 8.75. The van der Waals surface area contributed by atoms with E-state index in [9.17, 15) is 14.7 Å². The summed E-state index contributed by atoms with van der Waals surface area (Å²) in [6.45, 7) is 0.0484. The molecular formula is C19H23N3O3. The Hall–Kier alpha value is -2.63. The number of carbonyl (C=O) groups is 2. The summed E-state index contributed by atoms with van der Waals surface area (Å²) in [6.07, 6.45) is 9.18. The number of nitrogens with one attached hydrogen (secondary N) is 1. The SMILES string of the molecule is O=C(NC[C@H](C(=O)O)c1ccccc1)c1cnn(C2CCCCC2)c1. The molecule has 1 atom stereocenters. The van der Waals surface area contributed by atoms with E-state index in [1.54, 1.807) is 36.7 Å². The summed E-state index contributed by atoms with van der Waals surface area (Å²) in [6, 6.07) is 9.30. The molecule has 6 heteroatoms. The van der Waals surface area contributed by atoms with Crippen LogP contribution in [0.15, 0.2) is 42.7 Å². The number of carboxylic acids is 1. The van der Waals surface area contributed by atoms with Gasteiger partial charge in [0, 0.05) is 12.7 Å². The lowest BCUT2D eigenvalue weighted by Crippen LogP contribution is -2.31. The van der Waals surface area contributed by atoms with Crippen molar-refractivity contribution in [1.82, 2.24) is 15.1 Å². The molecule has 0 saturated heterocycles. The largest absolute Gasteiger partial charge is 0.481 e. The van der Waals surface area contributed by atoms with Crippen LogP contribution >= 0.6 is 0 Å². The lowest BCUT2D eigenvalue weighted by molar-refractivity contribution is -0.138. The monoisotopic (exact) mass is 341 g/mol. The van der Waals surface area contributed by atoms with Crippen molar-refractivity contribution >= 4 is 11.9 Å². The first kappa shape index (κ1) is 17.2. The zero-order valence-electron chi connectivity index (χ0n) is 14.1. The van der Waals surface area contributed by atoms with Gasteiger partial charge in [-0.25, -0.2) is 0 Å². The van der Waals surface area contributed by atoms with E-state index in [0.717, 1.165) is 12.8 Å². The zero-order valence-corrected chi connectivity index (χ0v) is 14.1. The first-order valence-electron chi connectivity index (χ1n) is 8.75. The maximum atomic E-state index is 12.3. The maximum absolute atomic E-state index is 12.3. The molecule has 6 nitrogen and oxygen atoms in total. The minimum Gasteiger partial charge on any atom is -0.481 e. The molecule has 1 saturated carbocycles. The zero-order chi connectivity index (χ0) is 17.6. The third-order valence-electron chi connectivity index (χ3n) is 4.78. The van der Waals surface area contributed by atoms with Crippen LogP contribution in [0.3, 0.4) is 0 Å². The van der Waals surface area contributed by atoms with E-state index in [1.165, 1.54) is 19.3 Å². The molecule has 1 aliphatic carbocycles. The van der Waals surface area contributed by atoms with Crippen molar-refractivity contribution in [2.24, 2.45) is 0 Å². The van der Waals surface area contributed by atoms with E-state index in [4.69, 9.17) is 0 Å². The Labute approximate surface area is 146 Å². The number of hydrogen-bond acceptors (Lipinski definition) is 3. The van der Waals surface area contributed by atoms with Crippen LogP contribution in [0.1, 0.15) is 60.0 Å². The van der Waals surface area contributed by atoms with Crippen LogP contribution in [-0.2, 0) is 4.79 Å². The van der Waals surface area contributed by atoms with E-state index in [0.29, 0.717) is 17.2 Å². The molecule has 0 bridgehead atoms. The quantitative estimate of drug-likeness (QED) is 0.846. The average Bonchev–Trinajstić information content (AvgIpc) is 3.13. The summed E-state index contributed by atoms with van der Waals surface area (Å²) >= 11 is 0. The normalized spacial score (nSPS) is 16.3. The predicted octanol–water partition coefficient (Wildman–Crippen LogP) is 2.99. The fourth-order valence-corrected chi connectivity index (χ4v) is 3.33. The van der Waals surface area contributed by atoms with Crippen molar-refractivity contribution in [2.75, 3.05) is 6.54 Å². The number of hydrogen-bond donors (Lipinski definition) is 2. The smallest absolute Gasteiger partial charge is 0.312 e. The Bertz CT molecular complexity index is 721. The van der Waals surface area contributed by atoms with Crippen LogP contribution in [-0.4, -0.2) is 33.3 Å². The number of aliphatic carboxylic acids is 1. The van der Waals surface area contributed by atoms with Gasteiger partial charge in [-0.1, -0.05) is 49.6 Å². The van der Waals surface area contributed by atoms with E-state index in [-0.39, 0.29) is 12.5 Å². The molecule has 1 aliphatic rings. The van der Waals surface area contributed by atoms with Crippen molar-refractivity contribution in [1.29, 1.82) is 0 Å². The van der Waals surface area contributed by atoms with Gasteiger partial charge in [-0.15, -0.1) is 0 Å². The molecule has 1 amide bonds. The Balaban J connectivity index is 1.61. The Morgan fingerprint density at radius 2 is 1.92 bits per heavy atom. The lowest BCUT2D eigenvalue weighted by Gasteiger charge is -2.21. The molecule has 0 unspecified atom stereocenters.